The number of rotatable bonds is 5. The van der Waals surface area contributed by atoms with Crippen LogP contribution in [-0.4, -0.2) is 38.3 Å². The molecule has 2 aliphatic rings. The molecule has 3 unspecified atom stereocenters. The first-order valence-electron chi connectivity index (χ1n) is 9.43. The molecular weight excluding hydrogens is 589 g/mol. The maximum absolute atomic E-state index is 13.1. The Bertz CT molecular complexity index is 929. The molecule has 2 aliphatic heterocycles. The van der Waals surface area contributed by atoms with E-state index in [9.17, 15) is 9.59 Å². The maximum atomic E-state index is 13.1. The van der Waals surface area contributed by atoms with Crippen molar-refractivity contribution in [1.29, 1.82) is 0 Å². The summed E-state index contributed by atoms with van der Waals surface area (Å²) < 4.78 is 2.60. The largest absolute Gasteiger partial charge is 0.352 e. The lowest BCUT2D eigenvalue weighted by atomic mass is 9.89. The van der Waals surface area contributed by atoms with Gasteiger partial charge >= 0.3 is 0 Å². The lowest BCUT2D eigenvalue weighted by Gasteiger charge is -2.38. The van der Waals surface area contributed by atoms with E-state index in [1.165, 1.54) is 0 Å². The second-order valence-electron chi connectivity index (χ2n) is 7.46. The zero-order valence-electron chi connectivity index (χ0n) is 15.4. The molecule has 2 saturated heterocycles. The average molecular weight is 610 g/mol. The van der Waals surface area contributed by atoms with E-state index in [0.29, 0.717) is 36.5 Å². The van der Waals surface area contributed by atoms with Crippen LogP contribution < -0.4 is 5.32 Å². The fourth-order valence-electron chi connectivity index (χ4n) is 4.36. The van der Waals surface area contributed by atoms with Crippen LogP contribution in [-0.2, 0) is 11.3 Å². The smallest absolute Gasteiger partial charge is 0.274 e. The first-order chi connectivity index (χ1) is 14.0. The third kappa shape index (κ3) is 4.65. The number of aromatic nitrogens is 2. The van der Waals surface area contributed by atoms with Crippen molar-refractivity contribution < 1.29 is 9.59 Å². The first-order valence-corrected chi connectivity index (χ1v) is 14.7. The van der Waals surface area contributed by atoms with Crippen molar-refractivity contribution in [3.05, 3.63) is 51.2 Å². The number of piperidine rings is 1. The highest BCUT2D eigenvalue weighted by Gasteiger charge is 2.45. The van der Waals surface area contributed by atoms with Crippen LogP contribution in [0.25, 0.3) is 0 Å². The summed E-state index contributed by atoms with van der Waals surface area (Å²) in [6, 6.07) is 9.51. The Hall–Kier alpha value is -0.700. The first kappa shape index (κ1) is 21.5. The standard InChI is InChI=1S/C19H20BrClIN4O2P/c20-17-9-16(24-26(17)29-22)19(28)25-14-4-5-15(25)8-12(7-14)18(27)23-10-11-2-1-3-13(21)6-11/h1-3,6,9,12,14-15,29H,4-5,7-8,10H2,(H,23,27). The van der Waals surface area contributed by atoms with Gasteiger partial charge in [-0.3, -0.25) is 9.59 Å². The van der Waals surface area contributed by atoms with Gasteiger partial charge in [-0.15, -0.1) is 0 Å². The van der Waals surface area contributed by atoms with Crippen molar-refractivity contribution in [3.8, 4) is 0 Å². The molecule has 2 fully saturated rings. The second-order valence-corrected chi connectivity index (χ2v) is 10.8. The van der Waals surface area contributed by atoms with Crippen molar-refractivity contribution in [1.82, 2.24) is 19.8 Å². The molecular formula is C19H20BrClIN4O2P. The van der Waals surface area contributed by atoms with E-state index < -0.39 is 0 Å². The summed E-state index contributed by atoms with van der Waals surface area (Å²) in [4.78, 5) is 27.8. The molecule has 6 nitrogen and oxygen atoms in total. The molecule has 3 heterocycles. The van der Waals surface area contributed by atoms with Crippen LogP contribution in [0, 0.1) is 5.92 Å². The molecule has 3 atom stereocenters. The Balaban J connectivity index is 1.39. The minimum Gasteiger partial charge on any atom is -0.352 e. The van der Waals surface area contributed by atoms with Gasteiger partial charge in [0.25, 0.3) is 5.91 Å². The molecule has 0 aliphatic carbocycles. The molecule has 154 valence electrons. The number of carbonyl (C=O) groups excluding carboxylic acids is 2. The Kier molecular flexibility index (Phi) is 6.83. The van der Waals surface area contributed by atoms with Crippen molar-refractivity contribution in [2.45, 2.75) is 44.3 Å². The molecule has 10 heteroatoms. The van der Waals surface area contributed by atoms with Gasteiger partial charge in [0.05, 0.1) is 6.37 Å². The normalized spacial score (nSPS) is 23.7. The lowest BCUT2D eigenvalue weighted by Crippen LogP contribution is -2.49. The summed E-state index contributed by atoms with van der Waals surface area (Å²) in [6.45, 7) is 0.469. The third-order valence-corrected chi connectivity index (χ3v) is 8.66. The van der Waals surface area contributed by atoms with Gasteiger partial charge in [-0.2, -0.15) is 5.10 Å². The highest BCUT2D eigenvalue weighted by Crippen LogP contribution is 2.40. The van der Waals surface area contributed by atoms with Crippen LogP contribution in [0.4, 0.5) is 0 Å². The van der Waals surface area contributed by atoms with Crippen LogP contribution in [0.2, 0.25) is 5.02 Å². The molecule has 29 heavy (non-hydrogen) atoms. The predicted octanol–water partition coefficient (Wildman–Crippen LogP) is 4.79. The maximum Gasteiger partial charge on any atom is 0.274 e. The summed E-state index contributed by atoms with van der Waals surface area (Å²) >= 11 is 11.7. The minimum absolute atomic E-state index is 0.0237. The number of fused-ring (bicyclic) bond motifs is 2. The molecule has 4 rings (SSSR count). The number of amides is 2. The highest BCUT2D eigenvalue weighted by molar-refractivity contribution is 14.2. The van der Waals surface area contributed by atoms with E-state index >= 15 is 0 Å². The van der Waals surface area contributed by atoms with Gasteiger partial charge in [0.15, 0.2) is 5.69 Å². The fraction of sp³-hybridized carbons (Fsp3) is 0.421. The minimum atomic E-state index is -0.0594. The molecule has 1 N–H and O–H groups in total. The van der Waals surface area contributed by atoms with Crippen molar-refractivity contribution in [2.75, 3.05) is 0 Å². The van der Waals surface area contributed by atoms with Gasteiger partial charge < -0.3 is 10.2 Å². The zero-order valence-corrected chi connectivity index (χ0v) is 20.9. The van der Waals surface area contributed by atoms with Crippen LogP contribution in [0.3, 0.4) is 0 Å². The predicted molar refractivity (Wildman–Crippen MR) is 127 cm³/mol. The van der Waals surface area contributed by atoms with Crippen LogP contribution in [0.1, 0.15) is 41.7 Å². The fourth-order valence-corrected chi connectivity index (χ4v) is 7.52. The third-order valence-electron chi connectivity index (χ3n) is 5.66. The number of hydrogen-bond donors (Lipinski definition) is 1. The topological polar surface area (TPSA) is 67.2 Å². The van der Waals surface area contributed by atoms with Gasteiger partial charge in [0.2, 0.25) is 5.91 Å². The molecule has 2 aromatic rings. The lowest BCUT2D eigenvalue weighted by molar-refractivity contribution is -0.127. The monoisotopic (exact) mass is 608 g/mol. The van der Waals surface area contributed by atoms with Crippen molar-refractivity contribution in [3.63, 3.8) is 0 Å². The summed E-state index contributed by atoms with van der Waals surface area (Å²) in [5.41, 5.74) is 1.46. The van der Waals surface area contributed by atoms with E-state index in [4.69, 9.17) is 11.6 Å². The van der Waals surface area contributed by atoms with Crippen LogP contribution in [0.5, 0.6) is 0 Å². The number of halogens is 3. The van der Waals surface area contributed by atoms with Gasteiger partial charge in [0.1, 0.15) is 4.60 Å². The Labute approximate surface area is 197 Å². The number of carbonyl (C=O) groups is 2. The van der Waals surface area contributed by atoms with E-state index in [-0.39, 0.29) is 29.8 Å². The quantitative estimate of drug-likeness (QED) is 0.392. The molecule has 0 radical (unpaired) electrons. The van der Waals surface area contributed by atoms with Gasteiger partial charge in [-0.05, 0) is 81.4 Å². The molecule has 1 aromatic carbocycles. The summed E-state index contributed by atoms with van der Waals surface area (Å²) in [5.74, 6) is -0.0210. The Morgan fingerprint density at radius 2 is 2.00 bits per heavy atom. The zero-order chi connectivity index (χ0) is 20.5. The van der Waals surface area contributed by atoms with Crippen molar-refractivity contribution >= 4 is 67.8 Å². The van der Waals surface area contributed by atoms with Crippen LogP contribution in [0.15, 0.2) is 34.9 Å². The number of benzene rings is 1. The molecule has 0 saturated carbocycles. The number of hydrogen-bond acceptors (Lipinski definition) is 3. The van der Waals surface area contributed by atoms with Gasteiger partial charge in [0, 0.05) is 35.6 Å². The van der Waals surface area contributed by atoms with E-state index in [1.54, 1.807) is 10.5 Å². The molecule has 2 bridgehead atoms. The van der Waals surface area contributed by atoms with Crippen LogP contribution >= 0.6 is 55.9 Å². The molecule has 2 amide bonds. The van der Waals surface area contributed by atoms with E-state index in [2.05, 4.69) is 48.4 Å². The second kappa shape index (κ2) is 9.20. The summed E-state index contributed by atoms with van der Waals surface area (Å²) in [5, 5.41) is 8.12. The highest BCUT2D eigenvalue weighted by atomic mass is 127. The van der Waals surface area contributed by atoms with E-state index in [1.807, 2.05) is 29.2 Å². The van der Waals surface area contributed by atoms with E-state index in [0.717, 1.165) is 23.0 Å². The van der Waals surface area contributed by atoms with Gasteiger partial charge in [-0.1, -0.05) is 23.7 Å². The number of nitrogens with zero attached hydrogens (tertiary/aromatic N) is 3. The Morgan fingerprint density at radius 1 is 1.28 bits per heavy atom. The SMILES string of the molecule is O=C(NCc1cccc(Cl)c1)C1CC2CCC(C1)N2C(=O)c1cc(Br)n(PI)n1. The molecule has 1 aromatic heterocycles. The number of nitrogens with one attached hydrogen (secondary N) is 1. The summed E-state index contributed by atoms with van der Waals surface area (Å²) in [6.07, 6.45) is 3.74. The van der Waals surface area contributed by atoms with Gasteiger partial charge in [-0.25, -0.2) is 4.45 Å². The van der Waals surface area contributed by atoms with Crippen molar-refractivity contribution in [2.24, 2.45) is 5.92 Å². The Morgan fingerprint density at radius 3 is 2.62 bits per heavy atom. The molecule has 0 spiro atoms. The average Bonchev–Trinajstić information content (AvgIpc) is 3.21. The summed E-state index contributed by atoms with van der Waals surface area (Å²) in [7, 11) is 0.